The molecule has 1 aliphatic heterocycles. The highest BCUT2D eigenvalue weighted by Gasteiger charge is 2.27. The van der Waals surface area contributed by atoms with Crippen molar-refractivity contribution >= 4 is 23.0 Å². The quantitative estimate of drug-likeness (QED) is 0.703. The van der Waals surface area contributed by atoms with E-state index in [1.54, 1.807) is 4.90 Å². The summed E-state index contributed by atoms with van der Waals surface area (Å²) in [4.78, 5) is 30.6. The Morgan fingerprint density at radius 1 is 1.11 bits per heavy atom. The number of ether oxygens (including phenoxy) is 1. The number of hydrogen-bond acceptors (Lipinski definition) is 5. The topological polar surface area (TPSA) is 72.6 Å². The number of hydrogen-bond donors (Lipinski definition) is 0. The largest absolute Gasteiger partial charge is 0.456 e. The summed E-state index contributed by atoms with van der Waals surface area (Å²) in [6.45, 7) is 1.14. The molecular formula is C22H28N2O4. The van der Waals surface area contributed by atoms with Crippen molar-refractivity contribution in [3.05, 3.63) is 30.2 Å². The van der Waals surface area contributed by atoms with E-state index in [0.717, 1.165) is 36.3 Å². The van der Waals surface area contributed by atoms with Gasteiger partial charge >= 0.3 is 5.97 Å². The Balaban J connectivity index is 1.19. The second-order valence-electron chi connectivity index (χ2n) is 8.02. The highest BCUT2D eigenvalue weighted by molar-refractivity contribution is 5.80. The van der Waals surface area contributed by atoms with E-state index in [4.69, 9.17) is 9.15 Å². The zero-order valence-electron chi connectivity index (χ0n) is 16.3. The molecule has 150 valence electrons. The summed E-state index contributed by atoms with van der Waals surface area (Å²) >= 11 is 0. The van der Waals surface area contributed by atoms with Gasteiger partial charge in [-0.3, -0.25) is 9.59 Å². The fourth-order valence-corrected chi connectivity index (χ4v) is 4.37. The molecule has 2 heterocycles. The zero-order valence-corrected chi connectivity index (χ0v) is 16.3. The lowest BCUT2D eigenvalue weighted by Crippen LogP contribution is -2.40. The Morgan fingerprint density at radius 3 is 2.61 bits per heavy atom. The molecule has 1 amide bonds. The number of rotatable bonds is 6. The monoisotopic (exact) mass is 384 g/mol. The molecule has 4 rings (SSSR count). The average Bonchev–Trinajstić information content (AvgIpc) is 3.40. The van der Waals surface area contributed by atoms with Crippen molar-refractivity contribution in [1.29, 1.82) is 0 Å². The van der Waals surface area contributed by atoms with Crippen molar-refractivity contribution in [3.8, 4) is 0 Å². The van der Waals surface area contributed by atoms with E-state index in [0.29, 0.717) is 25.4 Å². The van der Waals surface area contributed by atoms with Gasteiger partial charge in [0.25, 0.3) is 5.91 Å². The first kappa shape index (κ1) is 19.0. The van der Waals surface area contributed by atoms with Crippen molar-refractivity contribution < 1.29 is 18.7 Å². The fourth-order valence-electron chi connectivity index (χ4n) is 4.37. The van der Waals surface area contributed by atoms with Crippen LogP contribution in [0, 0.1) is 5.92 Å². The molecular weight excluding hydrogens is 356 g/mol. The maximum absolute atomic E-state index is 12.4. The van der Waals surface area contributed by atoms with Crippen LogP contribution in [0.15, 0.2) is 28.7 Å². The number of piperidine rings is 1. The van der Waals surface area contributed by atoms with Crippen molar-refractivity contribution in [3.63, 3.8) is 0 Å². The van der Waals surface area contributed by atoms with Gasteiger partial charge in [-0.2, -0.15) is 0 Å². The molecule has 0 unspecified atom stereocenters. The zero-order chi connectivity index (χ0) is 19.3. The number of para-hydroxylation sites is 2. The number of aromatic nitrogens is 1. The van der Waals surface area contributed by atoms with Crippen molar-refractivity contribution in [1.82, 2.24) is 9.88 Å². The molecule has 6 nitrogen and oxygen atoms in total. The van der Waals surface area contributed by atoms with Crippen LogP contribution in [0.4, 0.5) is 0 Å². The first-order valence-electron chi connectivity index (χ1n) is 10.5. The second-order valence-corrected chi connectivity index (χ2v) is 8.02. The molecule has 0 N–H and O–H groups in total. The Labute approximate surface area is 165 Å². The number of carbonyl (C=O) groups is 2. The number of amides is 1. The minimum absolute atomic E-state index is 0.106. The number of esters is 1. The number of fused-ring (bicyclic) bond motifs is 1. The van der Waals surface area contributed by atoms with Crippen molar-refractivity contribution in [2.75, 3.05) is 19.7 Å². The molecule has 0 bridgehead atoms. The van der Waals surface area contributed by atoms with E-state index >= 15 is 0 Å². The van der Waals surface area contributed by atoms with Gasteiger partial charge in [0, 0.05) is 25.4 Å². The number of benzene rings is 1. The van der Waals surface area contributed by atoms with Gasteiger partial charge in [0.15, 0.2) is 18.1 Å². The lowest BCUT2D eigenvalue weighted by atomic mass is 9.97. The third-order valence-electron chi connectivity index (χ3n) is 6.10. The lowest BCUT2D eigenvalue weighted by molar-refractivity contribution is -0.152. The van der Waals surface area contributed by atoms with E-state index in [1.807, 2.05) is 24.3 Å². The Hall–Kier alpha value is -2.37. The van der Waals surface area contributed by atoms with Gasteiger partial charge in [0.2, 0.25) is 0 Å². The molecule has 1 aromatic heterocycles. The molecule has 2 fully saturated rings. The van der Waals surface area contributed by atoms with Crippen LogP contribution in [0.5, 0.6) is 0 Å². The van der Waals surface area contributed by atoms with E-state index in [-0.39, 0.29) is 24.4 Å². The second kappa shape index (κ2) is 8.76. The number of carbonyl (C=O) groups excluding carboxylic acids is 2. The summed E-state index contributed by atoms with van der Waals surface area (Å²) in [7, 11) is 0. The predicted octanol–water partition coefficient (Wildman–Crippen LogP) is 4.05. The molecule has 0 atom stereocenters. The van der Waals surface area contributed by atoms with Crippen molar-refractivity contribution in [2.24, 2.45) is 5.92 Å². The maximum atomic E-state index is 12.4. The smallest absolute Gasteiger partial charge is 0.306 e. The van der Waals surface area contributed by atoms with Gasteiger partial charge in [0.05, 0.1) is 0 Å². The summed E-state index contributed by atoms with van der Waals surface area (Å²) < 4.78 is 11.1. The van der Waals surface area contributed by atoms with Gasteiger partial charge in [0.1, 0.15) is 5.52 Å². The molecule has 2 aliphatic rings. The summed E-state index contributed by atoms with van der Waals surface area (Å²) in [5, 5.41) is 0. The number of oxazole rings is 1. The van der Waals surface area contributed by atoms with E-state index in [1.165, 1.54) is 25.7 Å². The van der Waals surface area contributed by atoms with E-state index in [9.17, 15) is 9.59 Å². The Bertz CT molecular complexity index is 784. The SMILES string of the molecule is O=C(CCC1CCCC1)OCC(=O)N1CCC(c2nc3ccccc3o2)CC1. The van der Waals surface area contributed by atoms with Crippen LogP contribution in [-0.4, -0.2) is 41.5 Å². The molecule has 1 saturated heterocycles. The third kappa shape index (κ3) is 4.54. The molecule has 1 aromatic carbocycles. The summed E-state index contributed by atoms with van der Waals surface area (Å²) in [5.74, 6) is 1.29. The van der Waals surface area contributed by atoms with Crippen molar-refractivity contribution in [2.45, 2.75) is 57.3 Å². The molecule has 6 heteroatoms. The van der Waals surface area contributed by atoms with Gasteiger partial charge in [-0.1, -0.05) is 37.8 Å². The first-order chi connectivity index (χ1) is 13.7. The van der Waals surface area contributed by atoms with Crippen LogP contribution >= 0.6 is 0 Å². The van der Waals surface area contributed by atoms with Crippen LogP contribution in [-0.2, 0) is 14.3 Å². The summed E-state index contributed by atoms with van der Waals surface area (Å²) in [6, 6.07) is 7.76. The standard InChI is InChI=1S/C22H28N2O4/c25-20(15-27-21(26)10-9-16-5-1-2-6-16)24-13-11-17(12-14-24)22-23-18-7-3-4-8-19(18)28-22/h3-4,7-8,16-17H,1-2,5-6,9-15H2. The normalized spacial score (nSPS) is 18.6. The Kier molecular flexibility index (Phi) is 5.93. The minimum Gasteiger partial charge on any atom is -0.456 e. The summed E-state index contributed by atoms with van der Waals surface area (Å²) in [5.41, 5.74) is 1.68. The Morgan fingerprint density at radius 2 is 1.86 bits per heavy atom. The van der Waals surface area contributed by atoms with Crippen LogP contribution in [0.2, 0.25) is 0 Å². The third-order valence-corrected chi connectivity index (χ3v) is 6.10. The van der Waals surface area contributed by atoms with Gasteiger partial charge in [-0.15, -0.1) is 0 Å². The molecule has 2 aromatic rings. The summed E-state index contributed by atoms with van der Waals surface area (Å²) in [6.07, 6.45) is 7.95. The van der Waals surface area contributed by atoms with Crippen LogP contribution in [0.25, 0.3) is 11.1 Å². The number of likely N-dealkylation sites (tertiary alicyclic amines) is 1. The number of nitrogens with zero attached hydrogens (tertiary/aromatic N) is 2. The average molecular weight is 384 g/mol. The molecule has 1 aliphatic carbocycles. The van der Waals surface area contributed by atoms with Gasteiger partial charge in [-0.25, -0.2) is 4.98 Å². The maximum Gasteiger partial charge on any atom is 0.306 e. The van der Waals surface area contributed by atoms with E-state index in [2.05, 4.69) is 4.98 Å². The predicted molar refractivity (Wildman–Crippen MR) is 105 cm³/mol. The highest BCUT2D eigenvalue weighted by Crippen LogP contribution is 2.30. The van der Waals surface area contributed by atoms with Gasteiger partial charge < -0.3 is 14.1 Å². The lowest BCUT2D eigenvalue weighted by Gasteiger charge is -2.30. The first-order valence-corrected chi connectivity index (χ1v) is 10.5. The highest BCUT2D eigenvalue weighted by atomic mass is 16.5. The minimum atomic E-state index is -0.249. The van der Waals surface area contributed by atoms with Crippen LogP contribution < -0.4 is 0 Å². The van der Waals surface area contributed by atoms with E-state index < -0.39 is 0 Å². The van der Waals surface area contributed by atoms with Crippen LogP contribution in [0.1, 0.15) is 63.2 Å². The molecule has 0 spiro atoms. The molecule has 0 radical (unpaired) electrons. The molecule has 1 saturated carbocycles. The fraction of sp³-hybridized carbons (Fsp3) is 0.591. The van der Waals surface area contributed by atoms with Crippen LogP contribution in [0.3, 0.4) is 0 Å². The molecule has 28 heavy (non-hydrogen) atoms. The van der Waals surface area contributed by atoms with Gasteiger partial charge in [-0.05, 0) is 37.3 Å².